The maximum atomic E-state index is 4.28. The van der Waals surface area contributed by atoms with Crippen LogP contribution in [-0.2, 0) is 6.54 Å². The molecule has 0 saturated carbocycles. The number of imidazole rings is 1. The van der Waals surface area contributed by atoms with Crippen molar-refractivity contribution in [1.29, 1.82) is 0 Å². The summed E-state index contributed by atoms with van der Waals surface area (Å²) in [5.41, 5.74) is 0.130. The molecule has 1 aromatic rings. The van der Waals surface area contributed by atoms with E-state index in [1.54, 1.807) is 0 Å². The molecule has 0 aliphatic carbocycles. The molecule has 0 unspecified atom stereocenters. The van der Waals surface area contributed by atoms with Gasteiger partial charge < -0.3 is 14.8 Å². The second-order valence-electron chi connectivity index (χ2n) is 4.62. The summed E-state index contributed by atoms with van der Waals surface area (Å²) in [7, 11) is 4.20. The van der Waals surface area contributed by atoms with Crippen molar-refractivity contribution in [3.8, 4) is 0 Å². The molecule has 0 aliphatic heterocycles. The van der Waals surface area contributed by atoms with Gasteiger partial charge in [0.1, 0.15) is 0 Å². The van der Waals surface area contributed by atoms with Crippen molar-refractivity contribution in [2.45, 2.75) is 32.9 Å². The molecule has 1 rings (SSSR count). The number of nitrogens with zero attached hydrogens (tertiary/aromatic N) is 3. The van der Waals surface area contributed by atoms with Crippen molar-refractivity contribution in [3.05, 3.63) is 12.4 Å². The van der Waals surface area contributed by atoms with E-state index in [0.717, 1.165) is 19.0 Å². The predicted octanol–water partition coefficient (Wildman–Crippen LogP) is 1.66. The number of hydrogen-bond donors (Lipinski definition) is 1. The lowest BCUT2D eigenvalue weighted by molar-refractivity contribution is 0.170. The number of hydrogen-bond acceptors (Lipinski definition) is 3. The third kappa shape index (κ3) is 2.96. The molecule has 0 fully saturated rings. The van der Waals surface area contributed by atoms with Crippen LogP contribution in [-0.4, -0.2) is 40.6 Å². The van der Waals surface area contributed by atoms with E-state index in [0.29, 0.717) is 0 Å². The Morgan fingerprint density at radius 3 is 2.67 bits per heavy atom. The van der Waals surface area contributed by atoms with Crippen molar-refractivity contribution >= 4 is 5.95 Å². The first-order chi connectivity index (χ1) is 6.97. The van der Waals surface area contributed by atoms with Gasteiger partial charge in [0, 0.05) is 31.0 Å². The van der Waals surface area contributed by atoms with Gasteiger partial charge in [-0.2, -0.15) is 0 Å². The van der Waals surface area contributed by atoms with Crippen LogP contribution in [0.15, 0.2) is 12.4 Å². The summed E-state index contributed by atoms with van der Waals surface area (Å²) >= 11 is 0. The fraction of sp³-hybridized carbons (Fsp3) is 0.727. The quantitative estimate of drug-likeness (QED) is 0.802. The van der Waals surface area contributed by atoms with Crippen molar-refractivity contribution in [1.82, 2.24) is 14.5 Å². The Morgan fingerprint density at radius 1 is 1.47 bits per heavy atom. The van der Waals surface area contributed by atoms with Crippen LogP contribution in [0, 0.1) is 0 Å². The van der Waals surface area contributed by atoms with E-state index in [4.69, 9.17) is 0 Å². The molecule has 1 heterocycles. The third-order valence-electron chi connectivity index (χ3n) is 2.82. The van der Waals surface area contributed by atoms with Gasteiger partial charge in [0.15, 0.2) is 0 Å². The SMILES string of the molecule is CCNc1nccn1CC(C)(C)N(C)C. The van der Waals surface area contributed by atoms with Gasteiger partial charge in [0.2, 0.25) is 5.95 Å². The molecule has 86 valence electrons. The van der Waals surface area contributed by atoms with Crippen LogP contribution < -0.4 is 5.32 Å². The minimum absolute atomic E-state index is 0.130. The van der Waals surface area contributed by atoms with Crippen molar-refractivity contribution < 1.29 is 0 Å². The van der Waals surface area contributed by atoms with E-state index in [9.17, 15) is 0 Å². The van der Waals surface area contributed by atoms with Crippen molar-refractivity contribution in [2.24, 2.45) is 0 Å². The second kappa shape index (κ2) is 4.66. The van der Waals surface area contributed by atoms with E-state index in [-0.39, 0.29) is 5.54 Å². The first-order valence-electron chi connectivity index (χ1n) is 5.40. The second-order valence-corrected chi connectivity index (χ2v) is 4.62. The van der Waals surface area contributed by atoms with Crippen LogP contribution >= 0.6 is 0 Å². The topological polar surface area (TPSA) is 33.1 Å². The van der Waals surface area contributed by atoms with Crippen LogP contribution in [0.5, 0.6) is 0 Å². The zero-order valence-electron chi connectivity index (χ0n) is 10.4. The van der Waals surface area contributed by atoms with Gasteiger partial charge in [-0.05, 0) is 34.9 Å². The monoisotopic (exact) mass is 210 g/mol. The average molecular weight is 210 g/mol. The highest BCUT2D eigenvalue weighted by Gasteiger charge is 2.21. The number of rotatable bonds is 5. The summed E-state index contributed by atoms with van der Waals surface area (Å²) < 4.78 is 2.16. The lowest BCUT2D eigenvalue weighted by atomic mass is 10.0. The third-order valence-corrected chi connectivity index (χ3v) is 2.82. The summed E-state index contributed by atoms with van der Waals surface area (Å²) in [6, 6.07) is 0. The van der Waals surface area contributed by atoms with Gasteiger partial charge in [0.25, 0.3) is 0 Å². The number of aromatic nitrogens is 2. The first kappa shape index (κ1) is 12.0. The molecule has 1 N–H and O–H groups in total. The zero-order valence-corrected chi connectivity index (χ0v) is 10.4. The molecule has 0 aromatic carbocycles. The predicted molar refractivity (Wildman–Crippen MR) is 64.2 cm³/mol. The maximum absolute atomic E-state index is 4.28. The van der Waals surface area contributed by atoms with E-state index in [2.05, 4.69) is 54.6 Å². The number of anilines is 1. The van der Waals surface area contributed by atoms with Crippen molar-refractivity contribution in [3.63, 3.8) is 0 Å². The highest BCUT2D eigenvalue weighted by Crippen LogP contribution is 2.16. The van der Waals surface area contributed by atoms with Crippen LogP contribution in [0.2, 0.25) is 0 Å². The Bertz CT molecular complexity index is 301. The van der Waals surface area contributed by atoms with Gasteiger partial charge in [-0.3, -0.25) is 0 Å². The molecular formula is C11H22N4. The smallest absolute Gasteiger partial charge is 0.202 e. The molecule has 0 atom stereocenters. The van der Waals surface area contributed by atoms with Crippen LogP contribution in [0.4, 0.5) is 5.95 Å². The van der Waals surface area contributed by atoms with Gasteiger partial charge in [-0.15, -0.1) is 0 Å². The molecule has 4 nitrogen and oxygen atoms in total. The fourth-order valence-electron chi connectivity index (χ4n) is 1.32. The fourth-order valence-corrected chi connectivity index (χ4v) is 1.32. The van der Waals surface area contributed by atoms with Crippen LogP contribution in [0.25, 0.3) is 0 Å². The molecule has 0 bridgehead atoms. The Labute approximate surface area is 92.3 Å². The highest BCUT2D eigenvalue weighted by molar-refractivity contribution is 5.25. The Hall–Kier alpha value is -1.03. The van der Waals surface area contributed by atoms with E-state index in [1.807, 2.05) is 12.4 Å². The molecule has 0 amide bonds. The van der Waals surface area contributed by atoms with E-state index >= 15 is 0 Å². The van der Waals surface area contributed by atoms with Crippen LogP contribution in [0.1, 0.15) is 20.8 Å². The Kier molecular flexibility index (Phi) is 3.74. The molecule has 15 heavy (non-hydrogen) atoms. The summed E-state index contributed by atoms with van der Waals surface area (Å²) in [6.07, 6.45) is 3.85. The van der Waals surface area contributed by atoms with E-state index < -0.39 is 0 Å². The molecule has 1 aromatic heterocycles. The standard InChI is InChI=1S/C11H22N4/c1-6-12-10-13-7-8-15(10)9-11(2,3)14(4)5/h7-8H,6,9H2,1-5H3,(H,12,13). The van der Waals surface area contributed by atoms with Crippen molar-refractivity contribution in [2.75, 3.05) is 26.0 Å². The summed E-state index contributed by atoms with van der Waals surface area (Å²) in [5.74, 6) is 0.951. The number of likely N-dealkylation sites (N-methyl/N-ethyl adjacent to an activating group) is 1. The van der Waals surface area contributed by atoms with Gasteiger partial charge in [0.05, 0.1) is 0 Å². The molecule has 0 aliphatic rings. The molecular weight excluding hydrogens is 188 g/mol. The molecule has 0 saturated heterocycles. The molecule has 0 spiro atoms. The number of nitrogens with one attached hydrogen (secondary N) is 1. The Morgan fingerprint density at radius 2 is 2.13 bits per heavy atom. The molecule has 4 heteroatoms. The lowest BCUT2D eigenvalue weighted by Crippen LogP contribution is -2.42. The van der Waals surface area contributed by atoms with Gasteiger partial charge in [-0.1, -0.05) is 0 Å². The first-order valence-corrected chi connectivity index (χ1v) is 5.40. The maximum Gasteiger partial charge on any atom is 0.202 e. The minimum Gasteiger partial charge on any atom is -0.356 e. The van der Waals surface area contributed by atoms with Gasteiger partial charge in [-0.25, -0.2) is 4.98 Å². The van der Waals surface area contributed by atoms with E-state index in [1.165, 1.54) is 0 Å². The summed E-state index contributed by atoms with van der Waals surface area (Å²) in [6.45, 7) is 8.36. The average Bonchev–Trinajstić information content (AvgIpc) is 2.52. The normalized spacial score (nSPS) is 12.1. The Balaban J connectivity index is 2.75. The summed E-state index contributed by atoms with van der Waals surface area (Å²) in [4.78, 5) is 6.51. The van der Waals surface area contributed by atoms with Crippen LogP contribution in [0.3, 0.4) is 0 Å². The lowest BCUT2D eigenvalue weighted by Gasteiger charge is -2.33. The highest BCUT2D eigenvalue weighted by atomic mass is 15.2. The van der Waals surface area contributed by atoms with Gasteiger partial charge >= 0.3 is 0 Å². The zero-order chi connectivity index (χ0) is 11.5. The molecule has 0 radical (unpaired) electrons. The largest absolute Gasteiger partial charge is 0.356 e. The summed E-state index contributed by atoms with van der Waals surface area (Å²) in [5, 5.41) is 3.25. The minimum atomic E-state index is 0.130.